The third-order valence-electron chi connectivity index (χ3n) is 4.28. The van der Waals surface area contributed by atoms with Crippen LogP contribution in [0.25, 0.3) is 11.1 Å². The molecule has 0 saturated heterocycles. The summed E-state index contributed by atoms with van der Waals surface area (Å²) in [7, 11) is 0. The van der Waals surface area contributed by atoms with Crippen molar-refractivity contribution in [2.45, 2.75) is 26.6 Å². The van der Waals surface area contributed by atoms with E-state index in [1.807, 2.05) is 38.1 Å². The Morgan fingerprint density at radius 1 is 0.875 bits per heavy atom. The summed E-state index contributed by atoms with van der Waals surface area (Å²) in [6.45, 7) is 4.77. The number of nitrogens with zero attached hydrogens (tertiary/aromatic N) is 1. The zero-order valence-electron chi connectivity index (χ0n) is 13.6. The molecular weight excluding hydrogens is 311 g/mol. The van der Waals surface area contributed by atoms with Crippen molar-refractivity contribution in [1.82, 2.24) is 4.57 Å². The van der Waals surface area contributed by atoms with Gasteiger partial charge in [0.05, 0.1) is 5.56 Å². The quantitative estimate of drug-likeness (QED) is 0.569. The van der Waals surface area contributed by atoms with Gasteiger partial charge in [-0.25, -0.2) is 0 Å². The SMILES string of the molecule is Cc1cc(-c2ccc(C(F)(F)F)cc2)c(C)n1Cc1ccccc1. The molecule has 1 nitrogen and oxygen atoms in total. The molecule has 1 heterocycles. The molecule has 124 valence electrons. The second kappa shape index (κ2) is 6.19. The molecule has 0 aliphatic heterocycles. The number of hydrogen-bond acceptors (Lipinski definition) is 0. The summed E-state index contributed by atoms with van der Waals surface area (Å²) in [6, 6.07) is 17.5. The van der Waals surface area contributed by atoms with Crippen LogP contribution in [0.2, 0.25) is 0 Å². The standard InChI is InChI=1S/C20H18F3N/c1-14-12-19(17-8-10-18(11-9-17)20(21,22)23)15(2)24(14)13-16-6-4-3-5-7-16/h3-12H,13H2,1-2H3. The highest BCUT2D eigenvalue weighted by molar-refractivity contribution is 5.67. The average Bonchev–Trinajstić information content (AvgIpc) is 2.83. The monoisotopic (exact) mass is 329 g/mol. The second-order valence-electron chi connectivity index (χ2n) is 5.93. The molecule has 3 rings (SSSR count). The summed E-state index contributed by atoms with van der Waals surface area (Å²) in [6.07, 6.45) is -4.30. The van der Waals surface area contributed by atoms with Crippen LogP contribution in [0.1, 0.15) is 22.5 Å². The first-order chi connectivity index (χ1) is 11.4. The maximum absolute atomic E-state index is 12.7. The molecule has 24 heavy (non-hydrogen) atoms. The maximum Gasteiger partial charge on any atom is 0.416 e. The Morgan fingerprint density at radius 2 is 1.50 bits per heavy atom. The van der Waals surface area contributed by atoms with Crippen molar-refractivity contribution in [2.24, 2.45) is 0 Å². The lowest BCUT2D eigenvalue weighted by Gasteiger charge is -2.11. The van der Waals surface area contributed by atoms with Crippen LogP contribution in [0.15, 0.2) is 60.7 Å². The zero-order chi connectivity index (χ0) is 17.3. The number of aryl methyl sites for hydroxylation is 1. The number of hydrogen-bond donors (Lipinski definition) is 0. The van der Waals surface area contributed by atoms with Crippen molar-refractivity contribution < 1.29 is 13.2 Å². The third kappa shape index (κ3) is 3.23. The number of aromatic nitrogens is 1. The predicted molar refractivity (Wildman–Crippen MR) is 89.9 cm³/mol. The minimum atomic E-state index is -4.30. The molecule has 0 aliphatic carbocycles. The number of alkyl halides is 3. The van der Waals surface area contributed by atoms with E-state index >= 15 is 0 Å². The summed E-state index contributed by atoms with van der Waals surface area (Å²) in [5.41, 5.74) is 4.48. The Bertz CT molecular complexity index is 828. The van der Waals surface area contributed by atoms with Gasteiger partial charge < -0.3 is 4.57 Å². The van der Waals surface area contributed by atoms with Crippen molar-refractivity contribution in [2.75, 3.05) is 0 Å². The number of benzene rings is 2. The highest BCUT2D eigenvalue weighted by atomic mass is 19.4. The summed E-state index contributed by atoms with van der Waals surface area (Å²) >= 11 is 0. The topological polar surface area (TPSA) is 4.93 Å². The van der Waals surface area contributed by atoms with Crippen LogP contribution in [-0.2, 0) is 12.7 Å². The van der Waals surface area contributed by atoms with Crippen molar-refractivity contribution in [3.8, 4) is 11.1 Å². The van der Waals surface area contributed by atoms with E-state index in [0.717, 1.165) is 41.2 Å². The predicted octanol–water partition coefficient (Wildman–Crippen LogP) is 5.84. The van der Waals surface area contributed by atoms with Gasteiger partial charge in [0, 0.05) is 23.5 Å². The Labute approximate surface area is 139 Å². The molecule has 0 unspecified atom stereocenters. The third-order valence-corrected chi connectivity index (χ3v) is 4.28. The van der Waals surface area contributed by atoms with E-state index in [9.17, 15) is 13.2 Å². The van der Waals surface area contributed by atoms with Crippen molar-refractivity contribution >= 4 is 0 Å². The average molecular weight is 329 g/mol. The minimum Gasteiger partial charge on any atom is -0.344 e. The van der Waals surface area contributed by atoms with Gasteiger partial charge in [-0.1, -0.05) is 42.5 Å². The van der Waals surface area contributed by atoms with Gasteiger partial charge in [0.1, 0.15) is 0 Å². The molecule has 2 aromatic carbocycles. The van der Waals surface area contributed by atoms with E-state index in [-0.39, 0.29) is 0 Å². The highest BCUT2D eigenvalue weighted by Gasteiger charge is 2.30. The van der Waals surface area contributed by atoms with E-state index in [1.54, 1.807) is 0 Å². The molecule has 0 amide bonds. The Kier molecular flexibility index (Phi) is 4.22. The van der Waals surface area contributed by atoms with E-state index in [2.05, 4.69) is 16.7 Å². The van der Waals surface area contributed by atoms with Gasteiger partial charge >= 0.3 is 6.18 Å². The lowest BCUT2D eigenvalue weighted by molar-refractivity contribution is -0.137. The Morgan fingerprint density at radius 3 is 2.08 bits per heavy atom. The van der Waals surface area contributed by atoms with Crippen LogP contribution >= 0.6 is 0 Å². The maximum atomic E-state index is 12.7. The van der Waals surface area contributed by atoms with Gasteiger partial charge in [-0.2, -0.15) is 13.2 Å². The normalized spacial score (nSPS) is 11.7. The van der Waals surface area contributed by atoms with Crippen molar-refractivity contribution in [3.05, 3.63) is 83.2 Å². The highest BCUT2D eigenvalue weighted by Crippen LogP contribution is 2.32. The van der Waals surface area contributed by atoms with Crippen LogP contribution in [0, 0.1) is 13.8 Å². The summed E-state index contributed by atoms with van der Waals surface area (Å²) in [5, 5.41) is 0. The van der Waals surface area contributed by atoms with E-state index < -0.39 is 11.7 Å². The molecule has 3 aromatic rings. The smallest absolute Gasteiger partial charge is 0.344 e. The van der Waals surface area contributed by atoms with Crippen molar-refractivity contribution in [1.29, 1.82) is 0 Å². The molecule has 4 heteroatoms. The first-order valence-corrected chi connectivity index (χ1v) is 7.74. The second-order valence-corrected chi connectivity index (χ2v) is 5.93. The molecule has 0 bridgehead atoms. The molecule has 0 fully saturated rings. The first kappa shape index (κ1) is 16.4. The molecular formula is C20H18F3N. The zero-order valence-corrected chi connectivity index (χ0v) is 13.6. The molecule has 0 spiro atoms. The van der Waals surface area contributed by atoms with Gasteiger partial charge in [0.2, 0.25) is 0 Å². The Balaban J connectivity index is 1.94. The Hall–Kier alpha value is -2.49. The van der Waals surface area contributed by atoms with E-state index in [4.69, 9.17) is 0 Å². The van der Waals surface area contributed by atoms with Gasteiger partial charge in [0.25, 0.3) is 0 Å². The van der Waals surface area contributed by atoms with Gasteiger partial charge in [-0.05, 0) is 43.2 Å². The fourth-order valence-electron chi connectivity index (χ4n) is 2.94. The first-order valence-electron chi connectivity index (χ1n) is 7.74. The lowest BCUT2D eigenvalue weighted by atomic mass is 10.0. The molecule has 0 atom stereocenters. The number of rotatable bonds is 3. The van der Waals surface area contributed by atoms with Crippen LogP contribution in [0.4, 0.5) is 13.2 Å². The van der Waals surface area contributed by atoms with Crippen LogP contribution in [0.5, 0.6) is 0 Å². The van der Waals surface area contributed by atoms with Gasteiger partial charge in [0.15, 0.2) is 0 Å². The lowest BCUT2D eigenvalue weighted by Crippen LogP contribution is -2.04. The van der Waals surface area contributed by atoms with Crippen molar-refractivity contribution in [3.63, 3.8) is 0 Å². The largest absolute Gasteiger partial charge is 0.416 e. The molecule has 0 N–H and O–H groups in total. The van der Waals surface area contributed by atoms with E-state index in [0.29, 0.717) is 0 Å². The van der Waals surface area contributed by atoms with Gasteiger partial charge in [-0.3, -0.25) is 0 Å². The molecule has 1 aromatic heterocycles. The number of halogens is 3. The summed E-state index contributed by atoms with van der Waals surface area (Å²) < 4.78 is 40.3. The minimum absolute atomic E-state index is 0.621. The van der Waals surface area contributed by atoms with Crippen LogP contribution in [-0.4, -0.2) is 4.57 Å². The van der Waals surface area contributed by atoms with Crippen LogP contribution in [0.3, 0.4) is 0 Å². The van der Waals surface area contributed by atoms with Crippen LogP contribution < -0.4 is 0 Å². The van der Waals surface area contributed by atoms with E-state index in [1.165, 1.54) is 17.7 Å². The summed E-state index contributed by atoms with van der Waals surface area (Å²) in [4.78, 5) is 0. The fraction of sp³-hybridized carbons (Fsp3) is 0.200. The van der Waals surface area contributed by atoms with Gasteiger partial charge in [-0.15, -0.1) is 0 Å². The fourth-order valence-corrected chi connectivity index (χ4v) is 2.94. The summed E-state index contributed by atoms with van der Waals surface area (Å²) in [5.74, 6) is 0. The molecule has 0 aliphatic rings. The molecule has 0 radical (unpaired) electrons. The molecule has 0 saturated carbocycles.